The molecule has 1 unspecified atom stereocenters. The van der Waals surface area contributed by atoms with E-state index in [0.717, 1.165) is 44.1 Å². The normalized spacial score (nSPS) is 20.7. The van der Waals surface area contributed by atoms with Gasteiger partial charge >= 0.3 is 0 Å². The van der Waals surface area contributed by atoms with Gasteiger partial charge in [-0.1, -0.05) is 49.4 Å². The third-order valence-corrected chi connectivity index (χ3v) is 4.18. The number of hydrogen-bond acceptors (Lipinski definition) is 2. The van der Waals surface area contributed by atoms with E-state index < -0.39 is 11.5 Å². The Morgan fingerprint density at radius 1 is 1.11 bits per heavy atom. The van der Waals surface area contributed by atoms with Crippen molar-refractivity contribution in [3.05, 3.63) is 34.9 Å². The summed E-state index contributed by atoms with van der Waals surface area (Å²) in [5.74, 6) is 0. The molecule has 1 N–H and O–H groups in total. The predicted molar refractivity (Wildman–Crippen MR) is 72.2 cm³/mol. The molecule has 1 aromatic rings. The number of nitriles is 1. The van der Waals surface area contributed by atoms with Crippen LogP contribution >= 0.6 is 11.6 Å². The first-order valence-corrected chi connectivity index (χ1v) is 6.90. The van der Waals surface area contributed by atoms with Crippen molar-refractivity contribution >= 4 is 11.6 Å². The van der Waals surface area contributed by atoms with Crippen molar-refractivity contribution in [3.63, 3.8) is 0 Å². The Morgan fingerprint density at radius 2 is 1.67 bits per heavy atom. The Bertz CT molecular complexity index is 427. The SMILES string of the molecule is N#CC1(C(O)c2ccc(Cl)cc2)CCCCCC1. The van der Waals surface area contributed by atoms with Gasteiger partial charge in [-0.15, -0.1) is 0 Å². The summed E-state index contributed by atoms with van der Waals surface area (Å²) in [7, 11) is 0. The Morgan fingerprint density at radius 3 is 2.17 bits per heavy atom. The first kappa shape index (κ1) is 13.4. The molecule has 1 atom stereocenters. The number of aliphatic hydroxyl groups is 1. The number of hydrogen-bond donors (Lipinski definition) is 1. The summed E-state index contributed by atoms with van der Waals surface area (Å²) in [5.41, 5.74) is 0.174. The lowest BCUT2D eigenvalue weighted by atomic mass is 9.74. The van der Waals surface area contributed by atoms with Crippen molar-refractivity contribution in [2.45, 2.75) is 44.6 Å². The predicted octanol–water partition coefficient (Wildman–Crippen LogP) is 4.24. The molecule has 1 fully saturated rings. The van der Waals surface area contributed by atoms with Crippen LogP contribution in [0.1, 0.15) is 50.2 Å². The minimum absolute atomic E-state index is 0.621. The Kier molecular flexibility index (Phi) is 4.27. The zero-order valence-electron chi connectivity index (χ0n) is 10.4. The second-order valence-corrected chi connectivity index (χ2v) is 5.57. The molecule has 0 saturated heterocycles. The van der Waals surface area contributed by atoms with E-state index in [9.17, 15) is 10.4 Å². The average Bonchev–Trinajstić information content (AvgIpc) is 2.65. The van der Waals surface area contributed by atoms with E-state index in [-0.39, 0.29) is 0 Å². The first-order chi connectivity index (χ1) is 8.68. The zero-order chi connectivity index (χ0) is 13.0. The number of halogens is 1. The van der Waals surface area contributed by atoms with Crippen molar-refractivity contribution < 1.29 is 5.11 Å². The van der Waals surface area contributed by atoms with E-state index in [1.165, 1.54) is 0 Å². The van der Waals surface area contributed by atoms with Crippen molar-refractivity contribution in [3.8, 4) is 6.07 Å². The summed E-state index contributed by atoms with van der Waals surface area (Å²) in [6.45, 7) is 0. The van der Waals surface area contributed by atoms with Crippen LogP contribution in [0.3, 0.4) is 0 Å². The number of benzene rings is 1. The van der Waals surface area contributed by atoms with Gasteiger partial charge in [-0.2, -0.15) is 5.26 Å². The highest BCUT2D eigenvalue weighted by molar-refractivity contribution is 6.30. The van der Waals surface area contributed by atoms with Crippen LogP contribution in [-0.4, -0.2) is 5.11 Å². The second-order valence-electron chi connectivity index (χ2n) is 5.14. The van der Waals surface area contributed by atoms with E-state index in [4.69, 9.17) is 11.6 Å². The van der Waals surface area contributed by atoms with Gasteiger partial charge < -0.3 is 5.11 Å². The minimum Gasteiger partial charge on any atom is -0.387 e. The largest absolute Gasteiger partial charge is 0.387 e. The maximum Gasteiger partial charge on any atom is 0.0976 e. The van der Waals surface area contributed by atoms with Gasteiger partial charge in [0.2, 0.25) is 0 Å². The molecule has 0 amide bonds. The number of nitrogens with zero attached hydrogens (tertiary/aromatic N) is 1. The molecular formula is C15H18ClNO. The van der Waals surface area contributed by atoms with Crippen LogP contribution in [0.2, 0.25) is 5.02 Å². The lowest BCUT2D eigenvalue weighted by Crippen LogP contribution is -2.27. The molecule has 0 aliphatic heterocycles. The maximum absolute atomic E-state index is 10.5. The molecule has 96 valence electrons. The molecule has 0 radical (unpaired) electrons. The van der Waals surface area contributed by atoms with E-state index in [1.54, 1.807) is 12.1 Å². The van der Waals surface area contributed by atoms with Gasteiger partial charge in [0.1, 0.15) is 0 Å². The van der Waals surface area contributed by atoms with Gasteiger partial charge in [0.05, 0.1) is 17.6 Å². The molecule has 2 nitrogen and oxygen atoms in total. The van der Waals surface area contributed by atoms with Crippen LogP contribution in [0.4, 0.5) is 0 Å². The van der Waals surface area contributed by atoms with Gasteiger partial charge in [-0.05, 0) is 30.5 Å². The van der Waals surface area contributed by atoms with Crippen LogP contribution in [-0.2, 0) is 0 Å². The fourth-order valence-corrected chi connectivity index (χ4v) is 2.90. The molecule has 0 bridgehead atoms. The average molecular weight is 264 g/mol. The van der Waals surface area contributed by atoms with Gasteiger partial charge in [0, 0.05) is 5.02 Å². The molecule has 0 aromatic heterocycles. The highest BCUT2D eigenvalue weighted by atomic mass is 35.5. The Hall–Kier alpha value is -1.04. The molecule has 0 heterocycles. The Labute approximate surface area is 113 Å². The van der Waals surface area contributed by atoms with Crippen LogP contribution in [0.15, 0.2) is 24.3 Å². The lowest BCUT2D eigenvalue weighted by molar-refractivity contribution is 0.0516. The third kappa shape index (κ3) is 2.68. The van der Waals surface area contributed by atoms with Crippen LogP contribution in [0, 0.1) is 16.7 Å². The van der Waals surface area contributed by atoms with Gasteiger partial charge in [-0.25, -0.2) is 0 Å². The topological polar surface area (TPSA) is 44.0 Å². The van der Waals surface area contributed by atoms with Crippen LogP contribution in [0.25, 0.3) is 0 Å². The molecule has 3 heteroatoms. The fraction of sp³-hybridized carbons (Fsp3) is 0.533. The summed E-state index contributed by atoms with van der Waals surface area (Å²) in [6, 6.07) is 9.55. The van der Waals surface area contributed by atoms with Crippen LogP contribution in [0.5, 0.6) is 0 Å². The number of aliphatic hydroxyl groups excluding tert-OH is 1. The van der Waals surface area contributed by atoms with Crippen molar-refractivity contribution in [1.29, 1.82) is 5.26 Å². The molecule has 1 aliphatic carbocycles. The van der Waals surface area contributed by atoms with Gasteiger partial charge in [0.15, 0.2) is 0 Å². The van der Waals surface area contributed by atoms with Gasteiger partial charge in [0.25, 0.3) is 0 Å². The summed E-state index contributed by atoms with van der Waals surface area (Å²) in [6.07, 6.45) is 5.24. The molecule has 1 aliphatic rings. The van der Waals surface area contributed by atoms with E-state index in [0.29, 0.717) is 5.02 Å². The van der Waals surface area contributed by atoms with Crippen LogP contribution < -0.4 is 0 Å². The second kappa shape index (κ2) is 5.73. The summed E-state index contributed by atoms with van der Waals surface area (Å²) < 4.78 is 0. The molecule has 18 heavy (non-hydrogen) atoms. The smallest absolute Gasteiger partial charge is 0.0976 e. The van der Waals surface area contributed by atoms with E-state index >= 15 is 0 Å². The zero-order valence-corrected chi connectivity index (χ0v) is 11.2. The molecule has 1 aromatic carbocycles. The Balaban J connectivity index is 2.26. The van der Waals surface area contributed by atoms with Crippen molar-refractivity contribution in [2.24, 2.45) is 5.41 Å². The molecule has 1 saturated carbocycles. The van der Waals surface area contributed by atoms with Gasteiger partial charge in [-0.3, -0.25) is 0 Å². The fourth-order valence-electron chi connectivity index (χ4n) is 2.77. The summed E-state index contributed by atoms with van der Waals surface area (Å²) in [5, 5.41) is 20.7. The van der Waals surface area contributed by atoms with E-state index in [2.05, 4.69) is 6.07 Å². The van der Waals surface area contributed by atoms with E-state index in [1.807, 2.05) is 12.1 Å². The summed E-state index contributed by atoms with van der Waals surface area (Å²) in [4.78, 5) is 0. The molecule has 0 spiro atoms. The standard InChI is InChI=1S/C15H18ClNO/c16-13-7-5-12(6-8-13)14(18)15(11-17)9-3-1-2-4-10-15/h5-8,14,18H,1-4,9-10H2. The third-order valence-electron chi connectivity index (χ3n) is 3.93. The monoisotopic (exact) mass is 263 g/mol. The maximum atomic E-state index is 10.5. The van der Waals surface area contributed by atoms with Crippen molar-refractivity contribution in [1.82, 2.24) is 0 Å². The highest BCUT2D eigenvalue weighted by Crippen LogP contribution is 2.44. The van der Waals surface area contributed by atoms with Crippen molar-refractivity contribution in [2.75, 3.05) is 0 Å². The first-order valence-electron chi connectivity index (χ1n) is 6.53. The quantitative estimate of drug-likeness (QED) is 0.811. The molecular weight excluding hydrogens is 246 g/mol. The summed E-state index contributed by atoms with van der Waals surface area (Å²) >= 11 is 5.85. The minimum atomic E-state index is -0.710. The number of rotatable bonds is 2. The molecule has 2 rings (SSSR count). The lowest BCUT2D eigenvalue weighted by Gasteiger charge is -2.30. The highest BCUT2D eigenvalue weighted by Gasteiger charge is 2.39.